The molecular weight excluding hydrogens is 190 g/mol. The summed E-state index contributed by atoms with van der Waals surface area (Å²) in [6.45, 7) is 0. The van der Waals surface area contributed by atoms with Crippen molar-refractivity contribution in [1.29, 1.82) is 0 Å². The fourth-order valence-electron chi connectivity index (χ4n) is 2.21. The molecule has 0 unspecified atom stereocenters. The van der Waals surface area contributed by atoms with Crippen LogP contribution in [0.4, 0.5) is 0 Å². The first kappa shape index (κ1) is 10.2. The van der Waals surface area contributed by atoms with Crippen molar-refractivity contribution in [3.05, 3.63) is 35.4 Å². The predicted molar refractivity (Wildman–Crippen MR) is 57.2 cm³/mol. The molecule has 1 aromatic carbocycles. The van der Waals surface area contributed by atoms with Crippen molar-refractivity contribution >= 4 is 5.97 Å². The lowest BCUT2D eigenvalue weighted by atomic mass is 9.80. The first-order valence-electron chi connectivity index (χ1n) is 5.15. The summed E-state index contributed by atoms with van der Waals surface area (Å²) < 4.78 is 4.76. The summed E-state index contributed by atoms with van der Waals surface area (Å²) in [6.07, 6.45) is 1.69. The molecule has 1 aliphatic rings. The average Bonchev–Trinajstić information content (AvgIpc) is 2.29. The molecule has 3 nitrogen and oxygen atoms in total. The molecule has 1 aliphatic carbocycles. The third-order valence-electron chi connectivity index (χ3n) is 3.08. The molecule has 2 rings (SSSR count). The van der Waals surface area contributed by atoms with Crippen molar-refractivity contribution in [2.24, 2.45) is 11.7 Å². The van der Waals surface area contributed by atoms with Crippen LogP contribution in [0, 0.1) is 5.92 Å². The Labute approximate surface area is 89.2 Å². The van der Waals surface area contributed by atoms with Crippen LogP contribution in [0.15, 0.2) is 24.3 Å². The number of carbonyl (C=O) groups is 1. The topological polar surface area (TPSA) is 52.3 Å². The molecule has 2 N–H and O–H groups in total. The van der Waals surface area contributed by atoms with E-state index < -0.39 is 0 Å². The summed E-state index contributed by atoms with van der Waals surface area (Å²) >= 11 is 0. The molecule has 0 fully saturated rings. The van der Waals surface area contributed by atoms with E-state index in [-0.39, 0.29) is 17.9 Å². The minimum absolute atomic E-state index is 0.190. The number of esters is 1. The Morgan fingerprint density at radius 3 is 2.93 bits per heavy atom. The Bertz CT molecular complexity index is 376. The molecule has 2 atom stereocenters. The minimum Gasteiger partial charge on any atom is -0.469 e. The number of rotatable bonds is 1. The van der Waals surface area contributed by atoms with Crippen molar-refractivity contribution in [3.63, 3.8) is 0 Å². The first-order chi connectivity index (χ1) is 7.24. The molecule has 0 bridgehead atoms. The zero-order valence-electron chi connectivity index (χ0n) is 8.77. The highest BCUT2D eigenvalue weighted by atomic mass is 16.5. The number of hydrogen-bond acceptors (Lipinski definition) is 3. The van der Waals surface area contributed by atoms with Crippen LogP contribution in [0.2, 0.25) is 0 Å². The molecule has 0 amide bonds. The summed E-state index contributed by atoms with van der Waals surface area (Å²) in [5, 5.41) is 0. The zero-order valence-corrected chi connectivity index (χ0v) is 8.77. The van der Waals surface area contributed by atoms with Gasteiger partial charge in [0, 0.05) is 6.04 Å². The third-order valence-corrected chi connectivity index (χ3v) is 3.08. The van der Waals surface area contributed by atoms with Gasteiger partial charge in [-0.2, -0.15) is 0 Å². The summed E-state index contributed by atoms with van der Waals surface area (Å²) in [5.41, 5.74) is 8.40. The molecule has 80 valence electrons. The van der Waals surface area contributed by atoms with E-state index in [1.807, 2.05) is 18.2 Å². The van der Waals surface area contributed by atoms with Crippen molar-refractivity contribution in [2.75, 3.05) is 7.11 Å². The van der Waals surface area contributed by atoms with Gasteiger partial charge in [-0.3, -0.25) is 4.79 Å². The SMILES string of the molecule is COC(=O)[C@@H]1CCc2ccccc2[C@@H]1N. The molecule has 15 heavy (non-hydrogen) atoms. The van der Waals surface area contributed by atoms with E-state index in [0.717, 1.165) is 18.4 Å². The predicted octanol–water partition coefficient (Wildman–Crippen LogP) is 1.42. The quantitative estimate of drug-likeness (QED) is 0.705. The van der Waals surface area contributed by atoms with E-state index in [1.54, 1.807) is 0 Å². The fraction of sp³-hybridized carbons (Fsp3) is 0.417. The van der Waals surface area contributed by atoms with Crippen LogP contribution in [0.5, 0.6) is 0 Å². The highest BCUT2D eigenvalue weighted by molar-refractivity contribution is 5.74. The maximum atomic E-state index is 11.5. The number of hydrogen-bond donors (Lipinski definition) is 1. The van der Waals surface area contributed by atoms with Gasteiger partial charge in [0.05, 0.1) is 13.0 Å². The van der Waals surface area contributed by atoms with Crippen molar-refractivity contribution in [1.82, 2.24) is 0 Å². The monoisotopic (exact) mass is 205 g/mol. The van der Waals surface area contributed by atoms with Gasteiger partial charge in [0.15, 0.2) is 0 Å². The van der Waals surface area contributed by atoms with Crippen molar-refractivity contribution in [3.8, 4) is 0 Å². The van der Waals surface area contributed by atoms with Crippen LogP contribution in [0.25, 0.3) is 0 Å². The molecule has 0 heterocycles. The first-order valence-corrected chi connectivity index (χ1v) is 5.15. The Kier molecular flexibility index (Phi) is 2.73. The maximum Gasteiger partial charge on any atom is 0.310 e. The van der Waals surface area contributed by atoms with E-state index in [1.165, 1.54) is 12.7 Å². The molecule has 0 saturated carbocycles. The van der Waals surface area contributed by atoms with E-state index in [0.29, 0.717) is 0 Å². The van der Waals surface area contributed by atoms with Gasteiger partial charge in [0.2, 0.25) is 0 Å². The average molecular weight is 205 g/mol. The second-order valence-corrected chi connectivity index (χ2v) is 3.89. The second-order valence-electron chi connectivity index (χ2n) is 3.89. The zero-order chi connectivity index (χ0) is 10.8. The van der Waals surface area contributed by atoms with Gasteiger partial charge in [-0.25, -0.2) is 0 Å². The largest absolute Gasteiger partial charge is 0.469 e. The number of fused-ring (bicyclic) bond motifs is 1. The van der Waals surface area contributed by atoms with Gasteiger partial charge in [-0.05, 0) is 24.0 Å². The van der Waals surface area contributed by atoms with Gasteiger partial charge >= 0.3 is 5.97 Å². The van der Waals surface area contributed by atoms with Gasteiger partial charge in [-0.1, -0.05) is 24.3 Å². The van der Waals surface area contributed by atoms with Crippen LogP contribution >= 0.6 is 0 Å². The number of benzene rings is 1. The fourth-order valence-corrected chi connectivity index (χ4v) is 2.21. The van der Waals surface area contributed by atoms with Crippen LogP contribution in [0.1, 0.15) is 23.6 Å². The minimum atomic E-state index is -0.220. The molecule has 0 aromatic heterocycles. The Hall–Kier alpha value is -1.35. The molecule has 0 aliphatic heterocycles. The number of methoxy groups -OCH3 is 1. The van der Waals surface area contributed by atoms with Crippen LogP contribution in [-0.2, 0) is 16.0 Å². The number of nitrogens with two attached hydrogens (primary N) is 1. The van der Waals surface area contributed by atoms with E-state index in [9.17, 15) is 4.79 Å². The highest BCUT2D eigenvalue weighted by Crippen LogP contribution is 2.33. The molecule has 0 radical (unpaired) electrons. The normalized spacial score (nSPS) is 24.4. The smallest absolute Gasteiger partial charge is 0.310 e. The molecule has 1 aromatic rings. The van der Waals surface area contributed by atoms with Crippen LogP contribution in [-0.4, -0.2) is 13.1 Å². The van der Waals surface area contributed by atoms with E-state index >= 15 is 0 Å². The van der Waals surface area contributed by atoms with Crippen molar-refractivity contribution in [2.45, 2.75) is 18.9 Å². The maximum absolute atomic E-state index is 11.5. The summed E-state index contributed by atoms with van der Waals surface area (Å²) in [5.74, 6) is -0.387. The van der Waals surface area contributed by atoms with Crippen LogP contribution < -0.4 is 5.73 Å². The van der Waals surface area contributed by atoms with Gasteiger partial charge < -0.3 is 10.5 Å². The summed E-state index contributed by atoms with van der Waals surface area (Å²) in [4.78, 5) is 11.5. The standard InChI is InChI=1S/C12H15NO2/c1-15-12(14)10-7-6-8-4-2-3-5-9(8)11(10)13/h2-5,10-11H,6-7,13H2,1H3/t10-,11+/m1/s1. The molecule has 0 saturated heterocycles. The Morgan fingerprint density at radius 1 is 1.47 bits per heavy atom. The molecule has 3 heteroatoms. The molecule has 0 spiro atoms. The van der Waals surface area contributed by atoms with Gasteiger partial charge in [0.25, 0.3) is 0 Å². The summed E-state index contributed by atoms with van der Waals surface area (Å²) in [7, 11) is 1.41. The third kappa shape index (κ3) is 1.75. The summed E-state index contributed by atoms with van der Waals surface area (Å²) in [6, 6.07) is 7.81. The second kappa shape index (κ2) is 4.03. The number of carbonyl (C=O) groups excluding carboxylic acids is 1. The van der Waals surface area contributed by atoms with E-state index in [2.05, 4.69) is 6.07 Å². The number of ether oxygens (including phenoxy) is 1. The van der Waals surface area contributed by atoms with Crippen molar-refractivity contribution < 1.29 is 9.53 Å². The van der Waals surface area contributed by atoms with E-state index in [4.69, 9.17) is 10.5 Å². The lowest BCUT2D eigenvalue weighted by Crippen LogP contribution is -2.33. The number of aryl methyl sites for hydroxylation is 1. The Morgan fingerprint density at radius 2 is 2.20 bits per heavy atom. The Balaban J connectivity index is 2.29. The van der Waals surface area contributed by atoms with Gasteiger partial charge in [0.1, 0.15) is 0 Å². The van der Waals surface area contributed by atoms with Gasteiger partial charge in [-0.15, -0.1) is 0 Å². The van der Waals surface area contributed by atoms with Crippen LogP contribution in [0.3, 0.4) is 0 Å². The highest BCUT2D eigenvalue weighted by Gasteiger charge is 2.32. The molecular formula is C12H15NO2. The lowest BCUT2D eigenvalue weighted by molar-refractivity contribution is -0.146. The lowest BCUT2D eigenvalue weighted by Gasteiger charge is -2.28.